The van der Waals surface area contributed by atoms with Crippen molar-refractivity contribution in [3.8, 4) is 0 Å². The Bertz CT molecular complexity index is 840. The van der Waals surface area contributed by atoms with Crippen molar-refractivity contribution in [3.05, 3.63) is 58.7 Å². The van der Waals surface area contributed by atoms with E-state index in [2.05, 4.69) is 38.1 Å². The average molecular weight is 364 g/mol. The Morgan fingerprint density at radius 1 is 1.15 bits per heavy atom. The van der Waals surface area contributed by atoms with E-state index in [0.29, 0.717) is 12.7 Å². The van der Waals surface area contributed by atoms with Crippen molar-refractivity contribution in [3.63, 3.8) is 0 Å². The summed E-state index contributed by atoms with van der Waals surface area (Å²) in [6, 6.07) is 8.41. The summed E-state index contributed by atoms with van der Waals surface area (Å²) in [5.74, 6) is -0.673. The van der Waals surface area contributed by atoms with Crippen molar-refractivity contribution in [2.75, 3.05) is 0 Å². The fourth-order valence-electron chi connectivity index (χ4n) is 5.15. The van der Waals surface area contributed by atoms with Crippen LogP contribution in [0, 0.1) is 24.7 Å². The number of hydrogen-bond acceptors (Lipinski definition) is 4. The largest absolute Gasteiger partial charge is 0.455 e. The van der Waals surface area contributed by atoms with Gasteiger partial charge in [0.2, 0.25) is 0 Å². The van der Waals surface area contributed by atoms with Crippen LogP contribution < -0.4 is 0 Å². The Kier molecular flexibility index (Phi) is 4.91. The third-order valence-corrected chi connectivity index (χ3v) is 6.29. The summed E-state index contributed by atoms with van der Waals surface area (Å²) in [6.07, 6.45) is 5.27. The molecular weight excluding hydrogens is 339 g/mol. The number of benzene rings is 1. The minimum absolute atomic E-state index is 0.0149. The molecule has 4 atom stereocenters. The maximum Gasteiger partial charge on any atom is 0.455 e. The Hall–Kier alpha value is -1.98. The zero-order valence-electron chi connectivity index (χ0n) is 15.9. The number of carbonyl (C=O) groups excluding carboxylic acids is 2. The van der Waals surface area contributed by atoms with Crippen LogP contribution >= 0.6 is 0 Å². The summed E-state index contributed by atoms with van der Waals surface area (Å²) in [6.45, 7) is 4.13. The van der Waals surface area contributed by atoms with Gasteiger partial charge in [-0.1, -0.05) is 35.4 Å². The van der Waals surface area contributed by atoms with E-state index in [1.165, 1.54) is 23.3 Å². The first kappa shape index (κ1) is 18.4. The van der Waals surface area contributed by atoms with E-state index in [0.717, 1.165) is 24.0 Å². The number of carbonyl (C=O) groups is 2. The van der Waals surface area contributed by atoms with Gasteiger partial charge in [-0.2, -0.15) is 0 Å². The van der Waals surface area contributed by atoms with Crippen LogP contribution in [-0.4, -0.2) is 29.8 Å². The highest BCUT2D eigenvalue weighted by Gasteiger charge is 2.50. The van der Waals surface area contributed by atoms with Gasteiger partial charge in [0.25, 0.3) is 0 Å². The molecule has 0 unspecified atom stereocenters. The predicted octanol–water partition coefficient (Wildman–Crippen LogP) is 3.08. The molecule has 1 saturated heterocycles. The van der Waals surface area contributed by atoms with Crippen LogP contribution in [-0.2, 0) is 20.7 Å². The fourth-order valence-corrected chi connectivity index (χ4v) is 5.15. The van der Waals surface area contributed by atoms with E-state index in [9.17, 15) is 14.6 Å². The molecule has 27 heavy (non-hydrogen) atoms. The second-order valence-corrected chi connectivity index (χ2v) is 8.16. The van der Waals surface area contributed by atoms with Crippen molar-refractivity contribution in [1.29, 1.82) is 0 Å². The molecule has 4 nitrogen and oxygen atoms in total. The highest BCUT2D eigenvalue weighted by atomic mass is 16.5. The van der Waals surface area contributed by atoms with Gasteiger partial charge < -0.3 is 9.68 Å². The molecule has 0 spiro atoms. The lowest BCUT2D eigenvalue weighted by atomic mass is 9.56. The molecule has 5 heteroatoms. The molecule has 0 amide bonds. The maximum atomic E-state index is 12.6. The van der Waals surface area contributed by atoms with E-state index in [4.69, 9.17) is 4.65 Å². The van der Waals surface area contributed by atoms with Crippen LogP contribution in [0.4, 0.5) is 0 Å². The van der Waals surface area contributed by atoms with Gasteiger partial charge in [0, 0.05) is 11.8 Å². The first-order valence-electron chi connectivity index (χ1n) is 9.78. The van der Waals surface area contributed by atoms with Gasteiger partial charge in [-0.25, -0.2) is 0 Å². The number of allylic oxidation sites excluding steroid dienone is 3. The smallest absolute Gasteiger partial charge is 0.427 e. The molecule has 1 fully saturated rings. The molecule has 3 aliphatic rings. The number of ketones is 2. The summed E-state index contributed by atoms with van der Waals surface area (Å²) >= 11 is 0. The average Bonchev–Trinajstić information content (AvgIpc) is 2.62. The van der Waals surface area contributed by atoms with Crippen molar-refractivity contribution in [1.82, 2.24) is 0 Å². The predicted molar refractivity (Wildman–Crippen MR) is 104 cm³/mol. The minimum Gasteiger partial charge on any atom is -0.427 e. The molecule has 0 aromatic heterocycles. The maximum absolute atomic E-state index is 12.6. The van der Waals surface area contributed by atoms with E-state index in [1.54, 1.807) is 0 Å². The molecule has 0 bridgehead atoms. The van der Waals surface area contributed by atoms with E-state index in [1.807, 2.05) is 0 Å². The first-order valence-corrected chi connectivity index (χ1v) is 9.78. The van der Waals surface area contributed by atoms with Crippen molar-refractivity contribution in [2.24, 2.45) is 17.8 Å². The monoisotopic (exact) mass is 364 g/mol. The van der Waals surface area contributed by atoms with Crippen LogP contribution in [0.3, 0.4) is 0 Å². The number of aryl methyl sites for hydroxylation is 2. The number of fused-ring (bicyclic) bond motifs is 3. The molecule has 0 radical (unpaired) electrons. The normalized spacial score (nSPS) is 30.4. The standard InChI is InChI=1S/C22H25BO4/c1-13-4-3-5-15(10-13)6-9-20-21-14(2)11-16-18(24)7-8-19(25)22(16)17(21)12-23(26)27-20/h3-5,7-8,10,16-17,20,22,26H,6,9,11-12H2,1-2H3/t16-,17-,20+,22+/m0/s1. The Morgan fingerprint density at radius 2 is 1.93 bits per heavy atom. The molecule has 1 aromatic rings. The molecule has 0 saturated carbocycles. The first-order chi connectivity index (χ1) is 12.9. The van der Waals surface area contributed by atoms with E-state index in [-0.39, 0.29) is 35.4 Å². The van der Waals surface area contributed by atoms with Crippen molar-refractivity contribution >= 4 is 18.7 Å². The third-order valence-electron chi connectivity index (χ3n) is 6.29. The lowest BCUT2D eigenvalue weighted by Crippen LogP contribution is -2.49. The number of rotatable bonds is 3. The van der Waals surface area contributed by atoms with Gasteiger partial charge >= 0.3 is 7.12 Å². The molecule has 140 valence electrons. The summed E-state index contributed by atoms with van der Waals surface area (Å²) in [5, 5.41) is 10.3. The minimum atomic E-state index is -0.887. The summed E-state index contributed by atoms with van der Waals surface area (Å²) in [4.78, 5) is 24.9. The van der Waals surface area contributed by atoms with Crippen LogP contribution in [0.5, 0.6) is 0 Å². The highest BCUT2D eigenvalue weighted by Crippen LogP contribution is 2.48. The molecule has 1 aromatic carbocycles. The topological polar surface area (TPSA) is 63.6 Å². The summed E-state index contributed by atoms with van der Waals surface area (Å²) < 4.78 is 5.90. The Balaban J connectivity index is 1.61. The van der Waals surface area contributed by atoms with Gasteiger partial charge in [0.05, 0.1) is 6.10 Å². The lowest BCUT2D eigenvalue weighted by molar-refractivity contribution is -0.131. The second-order valence-electron chi connectivity index (χ2n) is 8.16. The third kappa shape index (κ3) is 3.46. The Labute approximate surface area is 160 Å². The van der Waals surface area contributed by atoms with Gasteiger partial charge in [-0.3, -0.25) is 9.59 Å². The molecule has 4 rings (SSSR count). The lowest BCUT2D eigenvalue weighted by Gasteiger charge is -2.45. The zero-order valence-corrected chi connectivity index (χ0v) is 15.9. The number of hydrogen-bond donors (Lipinski definition) is 1. The van der Waals surface area contributed by atoms with Gasteiger partial charge in [-0.15, -0.1) is 0 Å². The Morgan fingerprint density at radius 3 is 2.70 bits per heavy atom. The fraction of sp³-hybridized carbons (Fsp3) is 0.455. The zero-order chi connectivity index (χ0) is 19.1. The van der Waals surface area contributed by atoms with Crippen molar-refractivity contribution in [2.45, 2.75) is 45.5 Å². The highest BCUT2D eigenvalue weighted by molar-refractivity contribution is 6.43. The molecule has 1 heterocycles. The van der Waals surface area contributed by atoms with Crippen LogP contribution in [0.15, 0.2) is 47.6 Å². The molecule has 1 N–H and O–H groups in total. The summed E-state index contributed by atoms with van der Waals surface area (Å²) in [7, 11) is -0.887. The van der Waals surface area contributed by atoms with Crippen LogP contribution in [0.25, 0.3) is 0 Å². The van der Waals surface area contributed by atoms with Crippen LogP contribution in [0.1, 0.15) is 30.9 Å². The van der Waals surface area contributed by atoms with Gasteiger partial charge in [0.1, 0.15) is 0 Å². The second kappa shape index (κ2) is 7.21. The molecular formula is C22H25BO4. The summed E-state index contributed by atoms with van der Waals surface area (Å²) in [5.41, 5.74) is 4.77. The van der Waals surface area contributed by atoms with Crippen LogP contribution in [0.2, 0.25) is 6.32 Å². The van der Waals surface area contributed by atoms with Gasteiger partial charge in [0.15, 0.2) is 11.6 Å². The van der Waals surface area contributed by atoms with E-state index >= 15 is 0 Å². The van der Waals surface area contributed by atoms with E-state index < -0.39 is 7.12 Å². The van der Waals surface area contributed by atoms with Gasteiger partial charge in [-0.05, 0) is 68.6 Å². The molecule has 2 aliphatic carbocycles. The SMILES string of the molecule is CC1=C2[C@@H](CCc3cccc(C)c3)OB(O)C[C@@H]2[C@@H]2C(=O)C=CC(=O)[C@@H]2C1. The molecule has 1 aliphatic heterocycles. The van der Waals surface area contributed by atoms with Crippen molar-refractivity contribution < 1.29 is 19.3 Å². The quantitative estimate of drug-likeness (QED) is 0.661.